The zero-order valence-corrected chi connectivity index (χ0v) is 16.1. The highest BCUT2D eigenvalue weighted by Gasteiger charge is 2.40. The van der Waals surface area contributed by atoms with Gasteiger partial charge in [0, 0.05) is 26.1 Å². The maximum Gasteiger partial charge on any atom is 0.223 e. The molecular formula is C23H34N2O. The minimum Gasteiger partial charge on any atom is -0.343 e. The Kier molecular flexibility index (Phi) is 5.35. The largest absolute Gasteiger partial charge is 0.343 e. The minimum atomic E-state index is 0.261. The van der Waals surface area contributed by atoms with Gasteiger partial charge in [-0.05, 0) is 67.9 Å². The van der Waals surface area contributed by atoms with Crippen molar-refractivity contribution in [2.45, 2.75) is 64.2 Å². The molecule has 3 aliphatic rings. The van der Waals surface area contributed by atoms with Gasteiger partial charge in [0.15, 0.2) is 0 Å². The molecule has 0 radical (unpaired) electrons. The van der Waals surface area contributed by atoms with Crippen molar-refractivity contribution in [3.05, 3.63) is 35.9 Å². The maximum absolute atomic E-state index is 13.1. The topological polar surface area (TPSA) is 32.3 Å². The van der Waals surface area contributed by atoms with E-state index in [1.165, 1.54) is 56.9 Å². The number of carbonyl (C=O) groups is 1. The Balaban J connectivity index is 1.33. The van der Waals surface area contributed by atoms with Crippen molar-refractivity contribution in [1.29, 1.82) is 0 Å². The molecule has 4 rings (SSSR count). The summed E-state index contributed by atoms with van der Waals surface area (Å²) in [5, 5.41) is 3.52. The molecule has 0 atom stereocenters. The number of nitrogens with one attached hydrogen (secondary N) is 1. The fourth-order valence-corrected chi connectivity index (χ4v) is 5.58. The van der Waals surface area contributed by atoms with E-state index in [4.69, 9.17) is 0 Å². The van der Waals surface area contributed by atoms with Crippen LogP contribution >= 0.6 is 0 Å². The fraction of sp³-hybridized carbons (Fsp3) is 0.696. The van der Waals surface area contributed by atoms with E-state index in [1.807, 2.05) is 0 Å². The molecule has 0 unspecified atom stereocenters. The van der Waals surface area contributed by atoms with Crippen LogP contribution in [0.3, 0.4) is 0 Å². The molecule has 1 spiro atoms. The summed E-state index contributed by atoms with van der Waals surface area (Å²) in [6, 6.07) is 10.8. The number of hydrogen-bond donors (Lipinski definition) is 1. The molecule has 0 bridgehead atoms. The summed E-state index contributed by atoms with van der Waals surface area (Å²) in [7, 11) is 0. The molecule has 1 amide bonds. The van der Waals surface area contributed by atoms with Gasteiger partial charge in [-0.1, -0.05) is 43.2 Å². The number of amides is 1. The van der Waals surface area contributed by atoms with Gasteiger partial charge >= 0.3 is 0 Å². The summed E-state index contributed by atoms with van der Waals surface area (Å²) >= 11 is 0. The number of aryl methyl sites for hydroxylation is 1. The molecule has 1 aromatic rings. The summed E-state index contributed by atoms with van der Waals surface area (Å²) < 4.78 is 0. The predicted molar refractivity (Wildman–Crippen MR) is 106 cm³/mol. The Hall–Kier alpha value is -1.35. The second kappa shape index (κ2) is 7.72. The van der Waals surface area contributed by atoms with Crippen LogP contribution in [0, 0.1) is 10.8 Å². The van der Waals surface area contributed by atoms with Gasteiger partial charge in [0.1, 0.15) is 0 Å². The van der Waals surface area contributed by atoms with Crippen LogP contribution in [0.15, 0.2) is 30.3 Å². The third-order valence-corrected chi connectivity index (χ3v) is 7.49. The Morgan fingerprint density at radius 3 is 2.38 bits per heavy atom. The highest BCUT2D eigenvalue weighted by atomic mass is 16.2. The molecular weight excluding hydrogens is 320 g/mol. The van der Waals surface area contributed by atoms with Gasteiger partial charge in [-0.2, -0.15) is 0 Å². The molecule has 2 heterocycles. The molecule has 1 aromatic carbocycles. The van der Waals surface area contributed by atoms with Gasteiger partial charge in [0.2, 0.25) is 5.91 Å². The quantitative estimate of drug-likeness (QED) is 0.861. The van der Waals surface area contributed by atoms with Gasteiger partial charge < -0.3 is 10.2 Å². The van der Waals surface area contributed by atoms with E-state index in [1.54, 1.807) is 0 Å². The van der Waals surface area contributed by atoms with Crippen LogP contribution in [0.25, 0.3) is 0 Å². The van der Waals surface area contributed by atoms with Gasteiger partial charge in [-0.15, -0.1) is 0 Å². The molecule has 2 saturated heterocycles. The number of benzene rings is 1. The molecule has 0 aromatic heterocycles. The van der Waals surface area contributed by atoms with Crippen molar-refractivity contribution in [2.75, 3.05) is 26.2 Å². The van der Waals surface area contributed by atoms with E-state index >= 15 is 0 Å². The molecule has 1 N–H and O–H groups in total. The number of rotatable bonds is 5. The minimum absolute atomic E-state index is 0.261. The Labute approximate surface area is 158 Å². The van der Waals surface area contributed by atoms with Crippen LogP contribution in [0.5, 0.6) is 0 Å². The normalized spacial score (nSPS) is 24.2. The molecule has 142 valence electrons. The van der Waals surface area contributed by atoms with Crippen molar-refractivity contribution >= 4 is 5.91 Å². The summed E-state index contributed by atoms with van der Waals surface area (Å²) in [5.41, 5.74) is 2.17. The van der Waals surface area contributed by atoms with Crippen molar-refractivity contribution < 1.29 is 4.79 Å². The molecule has 3 fully saturated rings. The monoisotopic (exact) mass is 354 g/mol. The second-order valence-corrected chi connectivity index (χ2v) is 9.18. The third kappa shape index (κ3) is 3.98. The zero-order chi connectivity index (χ0) is 17.9. The lowest BCUT2D eigenvalue weighted by Gasteiger charge is -2.40. The number of piperidine rings is 1. The smallest absolute Gasteiger partial charge is 0.223 e. The number of carbonyl (C=O) groups excluding carboxylic acids is 1. The number of nitrogens with zero attached hydrogens (tertiary/aromatic N) is 1. The van der Waals surface area contributed by atoms with E-state index in [-0.39, 0.29) is 5.41 Å². The summed E-state index contributed by atoms with van der Waals surface area (Å²) in [4.78, 5) is 15.3. The second-order valence-electron chi connectivity index (χ2n) is 9.18. The van der Waals surface area contributed by atoms with Crippen LogP contribution < -0.4 is 5.32 Å². The van der Waals surface area contributed by atoms with E-state index < -0.39 is 0 Å². The van der Waals surface area contributed by atoms with Gasteiger partial charge in [0.05, 0.1) is 0 Å². The van der Waals surface area contributed by atoms with Gasteiger partial charge in [0.25, 0.3) is 0 Å². The average molecular weight is 355 g/mol. The van der Waals surface area contributed by atoms with Gasteiger partial charge in [-0.3, -0.25) is 4.79 Å². The predicted octanol–water partition coefficient (Wildman–Crippen LogP) is 4.17. The molecule has 3 heteroatoms. The van der Waals surface area contributed by atoms with Crippen molar-refractivity contribution in [2.24, 2.45) is 10.8 Å². The van der Waals surface area contributed by atoms with E-state index in [0.717, 1.165) is 39.0 Å². The van der Waals surface area contributed by atoms with Crippen LogP contribution in [-0.4, -0.2) is 37.0 Å². The molecule has 1 aliphatic carbocycles. The number of hydrogen-bond acceptors (Lipinski definition) is 2. The summed E-state index contributed by atoms with van der Waals surface area (Å²) in [6.45, 7) is 4.29. The molecule has 2 aliphatic heterocycles. The van der Waals surface area contributed by atoms with E-state index in [9.17, 15) is 4.79 Å². The first kappa shape index (κ1) is 18.0. The van der Waals surface area contributed by atoms with Gasteiger partial charge in [-0.25, -0.2) is 0 Å². The molecule has 3 nitrogen and oxygen atoms in total. The SMILES string of the molecule is O=C(CC1(CCc2ccccc2)CCCC1)N1CCC2(CCNC2)CC1. The maximum atomic E-state index is 13.1. The number of likely N-dealkylation sites (tertiary alicyclic amines) is 1. The highest BCUT2D eigenvalue weighted by Crippen LogP contribution is 2.46. The van der Waals surface area contributed by atoms with E-state index in [2.05, 4.69) is 40.5 Å². The Morgan fingerprint density at radius 1 is 1.00 bits per heavy atom. The van der Waals surface area contributed by atoms with Crippen LogP contribution in [0.4, 0.5) is 0 Å². The first-order chi connectivity index (χ1) is 12.7. The third-order valence-electron chi connectivity index (χ3n) is 7.49. The summed E-state index contributed by atoms with van der Waals surface area (Å²) in [5.74, 6) is 0.431. The highest BCUT2D eigenvalue weighted by molar-refractivity contribution is 5.77. The summed E-state index contributed by atoms with van der Waals surface area (Å²) in [6.07, 6.45) is 11.9. The lowest BCUT2D eigenvalue weighted by atomic mass is 9.75. The van der Waals surface area contributed by atoms with Crippen LogP contribution in [0.2, 0.25) is 0 Å². The first-order valence-electron chi connectivity index (χ1n) is 10.7. The Bertz CT molecular complexity index is 590. The zero-order valence-electron chi connectivity index (χ0n) is 16.1. The lowest BCUT2D eigenvalue weighted by molar-refractivity contribution is -0.136. The molecule has 26 heavy (non-hydrogen) atoms. The van der Waals surface area contributed by atoms with Crippen molar-refractivity contribution in [3.8, 4) is 0 Å². The van der Waals surface area contributed by atoms with Crippen LogP contribution in [-0.2, 0) is 11.2 Å². The van der Waals surface area contributed by atoms with Crippen molar-refractivity contribution in [3.63, 3.8) is 0 Å². The average Bonchev–Trinajstić information content (AvgIpc) is 3.32. The van der Waals surface area contributed by atoms with E-state index in [0.29, 0.717) is 11.3 Å². The first-order valence-corrected chi connectivity index (χ1v) is 10.7. The van der Waals surface area contributed by atoms with Crippen LogP contribution in [0.1, 0.15) is 63.4 Å². The van der Waals surface area contributed by atoms with Crippen molar-refractivity contribution in [1.82, 2.24) is 10.2 Å². The Morgan fingerprint density at radius 2 is 1.73 bits per heavy atom. The molecule has 1 saturated carbocycles. The lowest BCUT2D eigenvalue weighted by Crippen LogP contribution is -2.45. The standard InChI is InChI=1S/C23H34N2O/c26-21(25-16-13-23(14-17-25)12-15-24-19-23)18-22(9-4-5-10-22)11-8-20-6-2-1-3-7-20/h1-3,6-7,24H,4-5,8-19H2. The fourth-order valence-electron chi connectivity index (χ4n) is 5.58.